The van der Waals surface area contributed by atoms with E-state index in [1.165, 1.54) is 23.1 Å². The van der Waals surface area contributed by atoms with Crippen molar-refractivity contribution < 1.29 is 35.5 Å². The summed E-state index contributed by atoms with van der Waals surface area (Å²) in [5.41, 5.74) is -5.94. The number of nitrogens with zero attached hydrogens (tertiary/aromatic N) is 6. The number of halogens is 7. The van der Waals surface area contributed by atoms with E-state index in [4.69, 9.17) is 0 Å². The van der Waals surface area contributed by atoms with E-state index in [1.807, 2.05) is 0 Å². The standard InChI is InChI=1S/C23H16F7N7O2/c1-11(14-4-3-5-15(19(14)24)22(25,26)27)33-20(38)17-7-16(23(28,29)30)21(39)37(34-17)13-6-12(8-31-9-13)18-10-32-35-36(18)2/h3-11H,1-2H3,(H,33,38)/t11-/m1/s1. The van der Waals surface area contributed by atoms with E-state index < -0.39 is 58.1 Å². The topological polar surface area (TPSA) is 108 Å². The lowest BCUT2D eigenvalue weighted by Crippen LogP contribution is -2.35. The summed E-state index contributed by atoms with van der Waals surface area (Å²) in [7, 11) is 1.54. The zero-order chi connectivity index (χ0) is 28.7. The van der Waals surface area contributed by atoms with Crippen molar-refractivity contribution in [2.45, 2.75) is 25.3 Å². The average molecular weight is 555 g/mol. The minimum Gasteiger partial charge on any atom is -0.344 e. The first kappa shape index (κ1) is 27.4. The van der Waals surface area contributed by atoms with E-state index in [9.17, 15) is 40.3 Å². The van der Waals surface area contributed by atoms with Crippen LogP contribution in [0.25, 0.3) is 16.9 Å². The Bertz CT molecular complexity index is 1610. The maximum Gasteiger partial charge on any atom is 0.421 e. The second-order valence-corrected chi connectivity index (χ2v) is 8.23. The number of pyridine rings is 1. The monoisotopic (exact) mass is 555 g/mol. The number of rotatable bonds is 5. The number of carbonyl (C=O) groups is 1. The Morgan fingerprint density at radius 3 is 2.31 bits per heavy atom. The van der Waals surface area contributed by atoms with Crippen LogP contribution in [-0.4, -0.2) is 35.7 Å². The molecule has 1 aromatic carbocycles. The molecule has 3 aromatic heterocycles. The summed E-state index contributed by atoms with van der Waals surface area (Å²) in [6, 6.07) is 2.45. The van der Waals surface area contributed by atoms with E-state index in [-0.39, 0.29) is 11.8 Å². The lowest BCUT2D eigenvalue weighted by molar-refractivity contribution is -0.140. The summed E-state index contributed by atoms with van der Waals surface area (Å²) in [5, 5.41) is 13.3. The molecule has 3 heterocycles. The number of aromatic nitrogens is 6. The summed E-state index contributed by atoms with van der Waals surface area (Å²) in [6.45, 7) is 1.13. The van der Waals surface area contributed by atoms with E-state index in [0.29, 0.717) is 22.0 Å². The van der Waals surface area contributed by atoms with Crippen LogP contribution in [-0.2, 0) is 19.4 Å². The molecule has 1 atom stereocenters. The second-order valence-electron chi connectivity index (χ2n) is 8.23. The van der Waals surface area contributed by atoms with E-state index >= 15 is 0 Å². The normalized spacial score (nSPS) is 12.8. The van der Waals surface area contributed by atoms with E-state index in [2.05, 4.69) is 25.7 Å². The summed E-state index contributed by atoms with van der Waals surface area (Å²) in [4.78, 5) is 29.5. The highest BCUT2D eigenvalue weighted by Gasteiger charge is 2.37. The Hall–Kier alpha value is -4.63. The molecular formula is C23H16F7N7O2. The fourth-order valence-electron chi connectivity index (χ4n) is 3.67. The fraction of sp³-hybridized carbons (Fsp3) is 0.217. The molecule has 0 spiro atoms. The third-order valence-corrected chi connectivity index (χ3v) is 5.58. The molecule has 1 N–H and O–H groups in total. The van der Waals surface area contributed by atoms with Crippen molar-refractivity contribution in [2.24, 2.45) is 7.05 Å². The molecule has 16 heteroatoms. The number of aryl methyl sites for hydroxylation is 1. The van der Waals surface area contributed by atoms with Crippen molar-refractivity contribution in [1.29, 1.82) is 0 Å². The van der Waals surface area contributed by atoms with Gasteiger partial charge in [-0.05, 0) is 25.1 Å². The zero-order valence-corrected chi connectivity index (χ0v) is 19.8. The van der Waals surface area contributed by atoms with Crippen LogP contribution in [0.1, 0.15) is 40.1 Å². The Morgan fingerprint density at radius 1 is 1.00 bits per heavy atom. The first-order chi connectivity index (χ1) is 18.2. The van der Waals surface area contributed by atoms with Gasteiger partial charge in [-0.15, -0.1) is 5.10 Å². The quantitative estimate of drug-likeness (QED) is 0.372. The van der Waals surface area contributed by atoms with Crippen molar-refractivity contribution in [3.63, 3.8) is 0 Å². The van der Waals surface area contributed by atoms with Crippen molar-refractivity contribution in [3.05, 3.63) is 87.5 Å². The Kier molecular flexibility index (Phi) is 6.97. The highest BCUT2D eigenvalue weighted by atomic mass is 19.4. The van der Waals surface area contributed by atoms with Crippen LogP contribution < -0.4 is 10.9 Å². The Balaban J connectivity index is 1.76. The van der Waals surface area contributed by atoms with Gasteiger partial charge in [0.2, 0.25) is 0 Å². The molecule has 1 amide bonds. The molecule has 204 valence electrons. The van der Waals surface area contributed by atoms with Gasteiger partial charge in [0, 0.05) is 24.4 Å². The molecule has 0 saturated carbocycles. The van der Waals surface area contributed by atoms with Crippen LogP contribution in [0.3, 0.4) is 0 Å². The molecule has 0 radical (unpaired) electrons. The van der Waals surface area contributed by atoms with Crippen LogP contribution in [0, 0.1) is 5.82 Å². The molecule has 0 bridgehead atoms. The molecule has 0 aliphatic heterocycles. The highest BCUT2D eigenvalue weighted by molar-refractivity contribution is 5.92. The highest BCUT2D eigenvalue weighted by Crippen LogP contribution is 2.34. The summed E-state index contributed by atoms with van der Waals surface area (Å²) >= 11 is 0. The summed E-state index contributed by atoms with van der Waals surface area (Å²) in [5.74, 6) is -2.96. The van der Waals surface area contributed by atoms with Crippen LogP contribution in [0.15, 0.2) is 53.7 Å². The van der Waals surface area contributed by atoms with Gasteiger partial charge < -0.3 is 5.32 Å². The van der Waals surface area contributed by atoms with Crippen LogP contribution in [0.2, 0.25) is 0 Å². The third kappa shape index (κ3) is 5.49. The molecule has 4 rings (SSSR count). The second kappa shape index (κ2) is 9.92. The smallest absolute Gasteiger partial charge is 0.344 e. The van der Waals surface area contributed by atoms with Crippen molar-refractivity contribution in [3.8, 4) is 16.9 Å². The van der Waals surface area contributed by atoms with Crippen molar-refractivity contribution >= 4 is 5.91 Å². The van der Waals surface area contributed by atoms with Gasteiger partial charge in [-0.25, -0.2) is 9.07 Å². The predicted octanol–water partition coefficient (Wildman–Crippen LogP) is 4.09. The number of hydrogen-bond acceptors (Lipinski definition) is 6. The van der Waals surface area contributed by atoms with E-state index in [0.717, 1.165) is 25.3 Å². The van der Waals surface area contributed by atoms with Crippen LogP contribution in [0.4, 0.5) is 30.7 Å². The largest absolute Gasteiger partial charge is 0.421 e. The van der Waals surface area contributed by atoms with Gasteiger partial charge >= 0.3 is 12.4 Å². The molecule has 9 nitrogen and oxygen atoms in total. The molecule has 0 aliphatic rings. The van der Waals surface area contributed by atoms with Gasteiger partial charge in [0.05, 0.1) is 35.4 Å². The number of benzene rings is 1. The molecule has 0 aliphatic carbocycles. The SMILES string of the molecule is C[C@@H](NC(=O)c1cc(C(F)(F)F)c(=O)n(-c2cncc(-c3cnnn3C)c2)n1)c1cccc(C(F)(F)F)c1F. The number of amides is 1. The van der Waals surface area contributed by atoms with E-state index in [1.54, 1.807) is 7.05 Å². The summed E-state index contributed by atoms with van der Waals surface area (Å²) in [6.07, 6.45) is -6.51. The Morgan fingerprint density at radius 2 is 1.69 bits per heavy atom. The first-order valence-electron chi connectivity index (χ1n) is 10.9. The lowest BCUT2D eigenvalue weighted by atomic mass is 10.0. The molecule has 4 aromatic rings. The van der Waals surface area contributed by atoms with Crippen LogP contribution in [0.5, 0.6) is 0 Å². The number of alkyl halides is 6. The maximum absolute atomic E-state index is 14.5. The maximum atomic E-state index is 14.5. The zero-order valence-electron chi connectivity index (χ0n) is 19.8. The molecular weight excluding hydrogens is 539 g/mol. The van der Waals surface area contributed by atoms with Gasteiger partial charge in [-0.2, -0.15) is 36.1 Å². The van der Waals surface area contributed by atoms with Gasteiger partial charge in [-0.1, -0.05) is 17.3 Å². The molecule has 39 heavy (non-hydrogen) atoms. The predicted molar refractivity (Wildman–Crippen MR) is 120 cm³/mol. The number of hydrogen-bond donors (Lipinski definition) is 1. The van der Waals surface area contributed by atoms with Gasteiger partial charge in [0.1, 0.15) is 17.1 Å². The lowest BCUT2D eigenvalue weighted by Gasteiger charge is -2.18. The molecule has 0 unspecified atom stereocenters. The van der Waals surface area contributed by atoms with Gasteiger partial charge in [-0.3, -0.25) is 14.6 Å². The van der Waals surface area contributed by atoms with Gasteiger partial charge in [0.25, 0.3) is 11.5 Å². The third-order valence-electron chi connectivity index (χ3n) is 5.58. The first-order valence-corrected chi connectivity index (χ1v) is 10.9. The van der Waals surface area contributed by atoms with Crippen molar-refractivity contribution in [2.75, 3.05) is 0 Å². The average Bonchev–Trinajstić information content (AvgIpc) is 3.28. The minimum absolute atomic E-state index is 0.200. The van der Waals surface area contributed by atoms with Crippen LogP contribution >= 0.6 is 0 Å². The number of carbonyl (C=O) groups excluding carboxylic acids is 1. The number of nitrogens with one attached hydrogen (secondary N) is 1. The minimum atomic E-state index is -5.20. The van der Waals surface area contributed by atoms with Gasteiger partial charge in [0.15, 0.2) is 0 Å². The summed E-state index contributed by atoms with van der Waals surface area (Å²) < 4.78 is 96.5. The van der Waals surface area contributed by atoms with Crippen molar-refractivity contribution in [1.82, 2.24) is 35.1 Å². The molecule has 0 saturated heterocycles. The molecule has 0 fully saturated rings. The Labute approximate surface area is 213 Å². The fourth-order valence-corrected chi connectivity index (χ4v) is 3.67.